The predicted octanol–water partition coefficient (Wildman–Crippen LogP) is 14.5. The van der Waals surface area contributed by atoms with E-state index in [-0.39, 0.29) is 23.0 Å². The lowest BCUT2D eigenvalue weighted by atomic mass is 9.33. The van der Waals surface area contributed by atoms with Crippen molar-refractivity contribution in [2.75, 3.05) is 9.80 Å². The Kier molecular flexibility index (Phi) is 8.54. The van der Waals surface area contributed by atoms with Crippen molar-refractivity contribution in [3.05, 3.63) is 160 Å². The van der Waals surface area contributed by atoms with Crippen molar-refractivity contribution in [3.8, 4) is 11.1 Å². The zero-order chi connectivity index (χ0) is 44.1. The third-order valence-corrected chi connectivity index (χ3v) is 15.2. The van der Waals surface area contributed by atoms with Gasteiger partial charge in [0, 0.05) is 44.9 Å². The molecule has 1 aliphatic carbocycles. The van der Waals surface area contributed by atoms with Crippen LogP contribution in [0.4, 0.5) is 34.1 Å². The van der Waals surface area contributed by atoms with Crippen LogP contribution in [0, 0.1) is 34.6 Å². The van der Waals surface area contributed by atoms with Gasteiger partial charge in [0.15, 0.2) is 0 Å². The lowest BCUT2D eigenvalue weighted by Crippen LogP contribution is -2.61. The minimum Gasteiger partial charge on any atom is -0.457 e. The van der Waals surface area contributed by atoms with Gasteiger partial charge in [0.1, 0.15) is 11.2 Å². The van der Waals surface area contributed by atoms with Gasteiger partial charge in [0.2, 0.25) is 0 Å². The SMILES string of the molecule is Cc1cc(C)c(-c2cc3c4c(c2)N(c2ccccc2C)c2ccc5c(oc6ccccc65)c2B4c2cc(C(C)(C)C)ccc2N3c2cc3c(cc2C)C(C)(C)CCC3(C)C)c(C)c1. The quantitative estimate of drug-likeness (QED) is 0.166. The van der Waals surface area contributed by atoms with Gasteiger partial charge in [0.05, 0.1) is 0 Å². The van der Waals surface area contributed by atoms with Gasteiger partial charge >= 0.3 is 0 Å². The first-order valence-corrected chi connectivity index (χ1v) is 23.1. The fraction of sp³-hybridized carbons (Fsp3) is 0.288. The van der Waals surface area contributed by atoms with E-state index in [2.05, 4.69) is 208 Å². The molecule has 4 heteroatoms. The van der Waals surface area contributed by atoms with Crippen molar-refractivity contribution in [2.24, 2.45) is 0 Å². The highest BCUT2D eigenvalue weighted by atomic mass is 16.3. The summed E-state index contributed by atoms with van der Waals surface area (Å²) in [7, 11) is 0. The summed E-state index contributed by atoms with van der Waals surface area (Å²) in [5.74, 6) is 0. The normalized spacial score (nSPS) is 16.0. The molecule has 0 saturated heterocycles. The number of fused-ring (bicyclic) bond motifs is 9. The minimum atomic E-state index is -0.0920. The van der Waals surface area contributed by atoms with Gasteiger partial charge in [0.25, 0.3) is 6.71 Å². The van der Waals surface area contributed by atoms with Crippen LogP contribution in [0.5, 0.6) is 0 Å². The van der Waals surface area contributed by atoms with Gasteiger partial charge in [-0.05, 0) is 179 Å². The Morgan fingerprint density at radius 1 is 0.524 bits per heavy atom. The van der Waals surface area contributed by atoms with Crippen LogP contribution in [-0.2, 0) is 16.2 Å². The smallest absolute Gasteiger partial charge is 0.257 e. The Balaban J connectivity index is 1.33. The Labute approximate surface area is 374 Å². The fourth-order valence-corrected chi connectivity index (χ4v) is 11.8. The molecule has 3 aliphatic rings. The van der Waals surface area contributed by atoms with E-state index in [0.29, 0.717) is 0 Å². The molecule has 0 atom stereocenters. The lowest BCUT2D eigenvalue weighted by molar-refractivity contribution is 0.332. The summed E-state index contributed by atoms with van der Waals surface area (Å²) < 4.78 is 7.12. The summed E-state index contributed by atoms with van der Waals surface area (Å²) in [5, 5.41) is 2.31. The van der Waals surface area contributed by atoms with Crippen LogP contribution in [0.25, 0.3) is 33.1 Å². The van der Waals surface area contributed by atoms with E-state index in [1.807, 2.05) is 0 Å². The highest BCUT2D eigenvalue weighted by Gasteiger charge is 2.47. The molecule has 8 aromatic rings. The molecule has 0 fully saturated rings. The number of hydrogen-bond donors (Lipinski definition) is 0. The van der Waals surface area contributed by atoms with Crippen molar-refractivity contribution >= 4 is 79.2 Å². The zero-order valence-corrected chi connectivity index (χ0v) is 39.3. The van der Waals surface area contributed by atoms with Gasteiger partial charge in [-0.25, -0.2) is 0 Å². The monoisotopic (exact) mass is 822 g/mol. The second kappa shape index (κ2) is 13.5. The maximum Gasteiger partial charge on any atom is 0.257 e. The van der Waals surface area contributed by atoms with Crippen LogP contribution >= 0.6 is 0 Å². The van der Waals surface area contributed by atoms with Crippen LogP contribution in [0.15, 0.2) is 120 Å². The molecule has 63 heavy (non-hydrogen) atoms. The number of aryl methyl sites for hydroxylation is 5. The number of anilines is 6. The minimum absolute atomic E-state index is 0.0510. The molecule has 0 N–H and O–H groups in total. The van der Waals surface area contributed by atoms with E-state index in [1.165, 1.54) is 113 Å². The summed E-state index contributed by atoms with van der Waals surface area (Å²) >= 11 is 0. The maximum atomic E-state index is 7.12. The van der Waals surface area contributed by atoms with E-state index in [0.717, 1.165) is 28.4 Å². The van der Waals surface area contributed by atoms with Crippen LogP contribution in [0.3, 0.4) is 0 Å². The van der Waals surface area contributed by atoms with E-state index < -0.39 is 0 Å². The number of nitrogens with zero attached hydrogens (tertiary/aromatic N) is 2. The van der Waals surface area contributed by atoms with Crippen molar-refractivity contribution in [1.29, 1.82) is 0 Å². The van der Waals surface area contributed by atoms with Gasteiger partial charge in [-0.1, -0.05) is 121 Å². The Morgan fingerprint density at radius 3 is 1.83 bits per heavy atom. The molecular weight excluding hydrogens is 763 g/mol. The van der Waals surface area contributed by atoms with Crippen LogP contribution in [0.2, 0.25) is 0 Å². The summed E-state index contributed by atoms with van der Waals surface area (Å²) in [4.78, 5) is 5.23. The standard InChI is InChI=1S/C59H59BN2O/c1-34-27-37(4)53(38(5)28-34)39-30-50-54-51(31-39)62(49-33-44-43(29-36(49)3)58(9,10)25-26-59(44,11)12)47-23-21-40(57(6,7)8)32-45(47)60(54)55-48(61(50)46-19-15-13-17-35(46)2)24-22-42-41-18-14-16-20-52(41)63-56(42)55/h13-24,27-33H,25-26H2,1-12H3. The molecule has 0 bridgehead atoms. The molecule has 1 aromatic heterocycles. The summed E-state index contributed by atoms with van der Waals surface area (Å²) in [6.45, 7) is 28.1. The Hall–Kier alpha value is -6.00. The molecular formula is C59H59BN2O. The lowest BCUT2D eigenvalue weighted by Gasteiger charge is -2.46. The Morgan fingerprint density at radius 2 is 1.14 bits per heavy atom. The van der Waals surface area contributed by atoms with Gasteiger partial charge in [-0.15, -0.1) is 0 Å². The van der Waals surface area contributed by atoms with Gasteiger partial charge < -0.3 is 14.2 Å². The number of rotatable bonds is 3. The molecule has 0 saturated carbocycles. The van der Waals surface area contributed by atoms with Crippen molar-refractivity contribution in [2.45, 2.75) is 112 Å². The first kappa shape index (κ1) is 39.8. The van der Waals surface area contributed by atoms with E-state index in [9.17, 15) is 0 Å². The van der Waals surface area contributed by atoms with Crippen LogP contribution in [-0.4, -0.2) is 6.71 Å². The van der Waals surface area contributed by atoms with Crippen molar-refractivity contribution in [1.82, 2.24) is 0 Å². The molecule has 2 aliphatic heterocycles. The Bertz CT molecular complexity index is 3220. The highest BCUT2D eigenvalue weighted by Crippen LogP contribution is 2.52. The molecule has 0 unspecified atom stereocenters. The summed E-state index contributed by atoms with van der Waals surface area (Å²) in [6, 6.07) is 44.4. The average Bonchev–Trinajstić information content (AvgIpc) is 3.61. The molecule has 7 aromatic carbocycles. The molecule has 314 valence electrons. The average molecular weight is 823 g/mol. The third-order valence-electron chi connectivity index (χ3n) is 15.2. The number of para-hydroxylation sites is 2. The van der Waals surface area contributed by atoms with Crippen LogP contribution in [0.1, 0.15) is 106 Å². The maximum absolute atomic E-state index is 7.12. The van der Waals surface area contributed by atoms with E-state index in [1.54, 1.807) is 0 Å². The van der Waals surface area contributed by atoms with Crippen LogP contribution < -0.4 is 26.2 Å². The van der Waals surface area contributed by atoms with Crippen molar-refractivity contribution < 1.29 is 4.42 Å². The molecule has 0 spiro atoms. The summed E-state index contributed by atoms with van der Waals surface area (Å²) in [5.41, 5.74) is 26.4. The second-order valence-corrected chi connectivity index (χ2v) is 21.5. The molecule has 0 amide bonds. The first-order chi connectivity index (χ1) is 29.9. The topological polar surface area (TPSA) is 19.6 Å². The first-order valence-electron chi connectivity index (χ1n) is 23.1. The zero-order valence-electron chi connectivity index (χ0n) is 39.3. The molecule has 3 nitrogen and oxygen atoms in total. The number of hydrogen-bond acceptors (Lipinski definition) is 3. The third kappa shape index (κ3) is 5.86. The fourth-order valence-electron chi connectivity index (χ4n) is 11.8. The van der Waals surface area contributed by atoms with E-state index in [4.69, 9.17) is 4.42 Å². The second-order valence-electron chi connectivity index (χ2n) is 21.5. The number of furan rings is 1. The van der Waals surface area contributed by atoms with Gasteiger partial charge in [-0.2, -0.15) is 0 Å². The number of benzene rings is 7. The molecule has 0 radical (unpaired) electrons. The summed E-state index contributed by atoms with van der Waals surface area (Å²) in [6.07, 6.45) is 2.35. The highest BCUT2D eigenvalue weighted by molar-refractivity contribution is 7.01. The molecule has 11 rings (SSSR count). The van der Waals surface area contributed by atoms with E-state index >= 15 is 0 Å². The predicted molar refractivity (Wildman–Crippen MR) is 271 cm³/mol. The molecule has 3 heterocycles. The van der Waals surface area contributed by atoms with Gasteiger partial charge in [-0.3, -0.25) is 0 Å². The van der Waals surface area contributed by atoms with Crippen molar-refractivity contribution in [3.63, 3.8) is 0 Å². The largest absolute Gasteiger partial charge is 0.457 e.